The molecule has 2 rings (SSSR count). The number of hydrogen-bond acceptors (Lipinski definition) is 3. The number of thiophene rings is 1. The van der Waals surface area contributed by atoms with Crippen molar-refractivity contribution in [3.63, 3.8) is 0 Å². The van der Waals surface area contributed by atoms with E-state index in [4.69, 9.17) is 5.73 Å². The van der Waals surface area contributed by atoms with Gasteiger partial charge >= 0.3 is 0 Å². The van der Waals surface area contributed by atoms with Crippen LogP contribution < -0.4 is 11.1 Å². The second-order valence-electron chi connectivity index (χ2n) is 3.94. The zero-order chi connectivity index (χ0) is 12.4. The first-order chi connectivity index (χ1) is 8.06. The third-order valence-electron chi connectivity index (χ3n) is 2.46. The van der Waals surface area contributed by atoms with Crippen molar-refractivity contribution in [2.75, 3.05) is 11.1 Å². The number of anilines is 2. The Morgan fingerprint density at radius 2 is 2.00 bits per heavy atom. The van der Waals surface area contributed by atoms with Gasteiger partial charge in [-0.05, 0) is 49.7 Å². The van der Waals surface area contributed by atoms with E-state index < -0.39 is 0 Å². The average Bonchev–Trinajstić information content (AvgIpc) is 2.69. The largest absolute Gasteiger partial charge is 0.399 e. The van der Waals surface area contributed by atoms with E-state index in [0.29, 0.717) is 5.69 Å². The van der Waals surface area contributed by atoms with Gasteiger partial charge in [-0.2, -0.15) is 0 Å². The number of carbonyl (C=O) groups is 1. The monoisotopic (exact) mass is 246 g/mol. The summed E-state index contributed by atoms with van der Waals surface area (Å²) in [6.07, 6.45) is 0. The molecule has 4 heteroatoms. The Morgan fingerprint density at radius 3 is 2.59 bits per heavy atom. The number of benzene rings is 1. The minimum Gasteiger partial charge on any atom is -0.399 e. The normalized spacial score (nSPS) is 10.2. The highest BCUT2D eigenvalue weighted by Gasteiger charge is 2.09. The first-order valence-corrected chi connectivity index (χ1v) is 6.12. The molecule has 0 aliphatic heterocycles. The van der Waals surface area contributed by atoms with Gasteiger partial charge in [-0.25, -0.2) is 0 Å². The van der Waals surface area contributed by atoms with E-state index in [2.05, 4.69) is 5.32 Å². The summed E-state index contributed by atoms with van der Waals surface area (Å²) in [5, 5.41) is 2.88. The fourth-order valence-corrected chi connectivity index (χ4v) is 2.33. The standard InChI is InChI=1S/C13H14N2OS/c1-8-7-10(14)4-5-11(8)15-13(16)12-6-3-9(2)17-12/h3-7H,14H2,1-2H3,(H,15,16). The summed E-state index contributed by atoms with van der Waals surface area (Å²) in [7, 11) is 0. The van der Waals surface area contributed by atoms with E-state index in [9.17, 15) is 4.79 Å². The molecule has 0 fully saturated rings. The van der Waals surface area contributed by atoms with E-state index >= 15 is 0 Å². The van der Waals surface area contributed by atoms with Crippen molar-refractivity contribution in [3.8, 4) is 0 Å². The van der Waals surface area contributed by atoms with Gasteiger partial charge in [0.15, 0.2) is 0 Å². The molecule has 1 aromatic carbocycles. The van der Waals surface area contributed by atoms with Crippen LogP contribution in [0.15, 0.2) is 30.3 Å². The Bertz CT molecular complexity index is 560. The predicted octanol–water partition coefficient (Wildman–Crippen LogP) is 3.20. The Hall–Kier alpha value is -1.81. The molecule has 0 saturated heterocycles. The third kappa shape index (κ3) is 2.65. The molecule has 3 N–H and O–H groups in total. The summed E-state index contributed by atoms with van der Waals surface area (Å²) in [6.45, 7) is 3.90. The second-order valence-corrected chi connectivity index (χ2v) is 5.23. The maximum Gasteiger partial charge on any atom is 0.265 e. The van der Waals surface area contributed by atoms with Crippen molar-refractivity contribution < 1.29 is 4.79 Å². The molecule has 0 saturated carbocycles. The molecule has 0 aliphatic carbocycles. The summed E-state index contributed by atoms with van der Waals surface area (Å²) in [5.74, 6) is -0.0732. The molecule has 0 unspecified atom stereocenters. The fourth-order valence-electron chi connectivity index (χ4n) is 1.57. The summed E-state index contributed by atoms with van der Waals surface area (Å²) in [4.78, 5) is 13.8. The lowest BCUT2D eigenvalue weighted by molar-refractivity contribution is 0.103. The number of aryl methyl sites for hydroxylation is 2. The highest BCUT2D eigenvalue weighted by Crippen LogP contribution is 2.20. The summed E-state index contributed by atoms with van der Waals surface area (Å²) in [6, 6.07) is 9.22. The molecule has 17 heavy (non-hydrogen) atoms. The molecule has 1 aromatic heterocycles. The smallest absolute Gasteiger partial charge is 0.265 e. The molecule has 0 atom stereocenters. The first kappa shape index (κ1) is 11.7. The zero-order valence-electron chi connectivity index (χ0n) is 9.78. The van der Waals surface area contributed by atoms with E-state index in [-0.39, 0.29) is 5.91 Å². The van der Waals surface area contributed by atoms with Gasteiger partial charge in [0.05, 0.1) is 4.88 Å². The topological polar surface area (TPSA) is 55.1 Å². The minimum absolute atomic E-state index is 0.0732. The average molecular weight is 246 g/mol. The lowest BCUT2D eigenvalue weighted by Crippen LogP contribution is -2.11. The molecule has 0 radical (unpaired) electrons. The fraction of sp³-hybridized carbons (Fsp3) is 0.154. The number of carbonyl (C=O) groups excluding carboxylic acids is 1. The Labute approximate surface area is 104 Å². The number of hydrogen-bond donors (Lipinski definition) is 2. The number of rotatable bonds is 2. The highest BCUT2D eigenvalue weighted by atomic mass is 32.1. The summed E-state index contributed by atoms with van der Waals surface area (Å²) < 4.78 is 0. The summed E-state index contributed by atoms with van der Waals surface area (Å²) >= 11 is 1.49. The Balaban J connectivity index is 2.18. The van der Waals surface area contributed by atoms with Gasteiger partial charge in [0.25, 0.3) is 5.91 Å². The van der Waals surface area contributed by atoms with Gasteiger partial charge < -0.3 is 11.1 Å². The minimum atomic E-state index is -0.0732. The lowest BCUT2D eigenvalue weighted by Gasteiger charge is -2.07. The molecule has 0 aliphatic rings. The van der Waals surface area contributed by atoms with Crippen LogP contribution >= 0.6 is 11.3 Å². The number of nitrogens with two attached hydrogens (primary N) is 1. The van der Waals surface area contributed by atoms with Crippen LogP contribution in [0.1, 0.15) is 20.1 Å². The molecule has 1 amide bonds. The number of amides is 1. The van der Waals surface area contributed by atoms with Crippen LogP contribution in [0.2, 0.25) is 0 Å². The van der Waals surface area contributed by atoms with Crippen molar-refractivity contribution in [3.05, 3.63) is 45.6 Å². The van der Waals surface area contributed by atoms with E-state index in [1.807, 2.05) is 38.1 Å². The van der Waals surface area contributed by atoms with Crippen molar-refractivity contribution >= 4 is 28.6 Å². The zero-order valence-corrected chi connectivity index (χ0v) is 10.6. The maximum atomic E-state index is 11.9. The van der Waals surface area contributed by atoms with Crippen molar-refractivity contribution in [1.29, 1.82) is 0 Å². The number of nitrogens with one attached hydrogen (secondary N) is 1. The molecular weight excluding hydrogens is 232 g/mol. The van der Waals surface area contributed by atoms with Crippen LogP contribution in [0.5, 0.6) is 0 Å². The summed E-state index contributed by atoms with van der Waals surface area (Å²) in [5.41, 5.74) is 8.13. The van der Waals surface area contributed by atoms with Crippen LogP contribution in [0.3, 0.4) is 0 Å². The van der Waals surface area contributed by atoms with Crippen LogP contribution in [0.25, 0.3) is 0 Å². The first-order valence-electron chi connectivity index (χ1n) is 5.30. The van der Waals surface area contributed by atoms with Crippen molar-refractivity contribution in [2.45, 2.75) is 13.8 Å². The molecule has 2 aromatic rings. The van der Waals surface area contributed by atoms with Gasteiger partial charge in [0, 0.05) is 16.3 Å². The molecule has 0 spiro atoms. The van der Waals surface area contributed by atoms with Gasteiger partial charge in [0.1, 0.15) is 0 Å². The maximum absolute atomic E-state index is 11.9. The lowest BCUT2D eigenvalue weighted by atomic mass is 10.2. The quantitative estimate of drug-likeness (QED) is 0.799. The SMILES string of the molecule is Cc1ccc(C(=O)Nc2ccc(N)cc2C)s1. The molecule has 88 valence electrons. The number of nitrogen functional groups attached to an aromatic ring is 1. The highest BCUT2D eigenvalue weighted by molar-refractivity contribution is 7.14. The van der Waals surface area contributed by atoms with Gasteiger partial charge in [-0.3, -0.25) is 4.79 Å². The van der Waals surface area contributed by atoms with E-state index in [0.717, 1.165) is 21.0 Å². The third-order valence-corrected chi connectivity index (χ3v) is 3.46. The van der Waals surface area contributed by atoms with Gasteiger partial charge in [-0.1, -0.05) is 0 Å². The van der Waals surface area contributed by atoms with Crippen LogP contribution in [0, 0.1) is 13.8 Å². The Morgan fingerprint density at radius 1 is 1.24 bits per heavy atom. The van der Waals surface area contributed by atoms with E-state index in [1.54, 1.807) is 6.07 Å². The molecule has 1 heterocycles. The molecule has 3 nitrogen and oxygen atoms in total. The van der Waals surface area contributed by atoms with Crippen LogP contribution in [0.4, 0.5) is 11.4 Å². The Kier molecular flexibility index (Phi) is 3.15. The van der Waals surface area contributed by atoms with E-state index in [1.165, 1.54) is 11.3 Å². The second kappa shape index (κ2) is 4.59. The van der Waals surface area contributed by atoms with Gasteiger partial charge in [0.2, 0.25) is 0 Å². The predicted molar refractivity (Wildman–Crippen MR) is 72.6 cm³/mol. The molecule has 0 bridgehead atoms. The van der Waals surface area contributed by atoms with Crippen molar-refractivity contribution in [2.24, 2.45) is 0 Å². The van der Waals surface area contributed by atoms with Crippen molar-refractivity contribution in [1.82, 2.24) is 0 Å². The van der Waals surface area contributed by atoms with Crippen LogP contribution in [-0.4, -0.2) is 5.91 Å². The van der Waals surface area contributed by atoms with Gasteiger partial charge in [-0.15, -0.1) is 11.3 Å². The van der Waals surface area contributed by atoms with Crippen LogP contribution in [-0.2, 0) is 0 Å². The molecular formula is C13H14N2OS.